The Bertz CT molecular complexity index is 205. The molecule has 0 bridgehead atoms. The highest BCUT2D eigenvalue weighted by molar-refractivity contribution is 14.1. The summed E-state index contributed by atoms with van der Waals surface area (Å²) in [6, 6.07) is 0. The molecule has 0 saturated heterocycles. The average molecular weight is 263 g/mol. The lowest BCUT2D eigenvalue weighted by Crippen LogP contribution is -2.60. The number of carbonyl (C=O) groups is 1. The zero-order chi connectivity index (χ0) is 8.48. The van der Waals surface area contributed by atoms with Gasteiger partial charge in [0.2, 0.25) is 0 Å². The molecule has 0 aliphatic heterocycles. The first-order valence-electron chi connectivity index (χ1n) is 3.40. The summed E-state index contributed by atoms with van der Waals surface area (Å²) in [6.07, 6.45) is 3.34. The van der Waals surface area contributed by atoms with Crippen LogP contribution in [0.5, 0.6) is 0 Å². The monoisotopic (exact) mass is 263 g/mol. The van der Waals surface area contributed by atoms with Gasteiger partial charge in [-0.3, -0.25) is 4.79 Å². The van der Waals surface area contributed by atoms with E-state index in [0.717, 1.165) is 6.42 Å². The largest absolute Gasteiger partial charge is 0.480 e. The predicted molar refractivity (Wildman–Crippen MR) is 50.4 cm³/mol. The van der Waals surface area contributed by atoms with Crippen LogP contribution in [0.1, 0.15) is 12.8 Å². The van der Waals surface area contributed by atoms with Crippen LogP contribution in [-0.4, -0.2) is 16.6 Å². The van der Waals surface area contributed by atoms with Gasteiger partial charge in [-0.15, -0.1) is 0 Å². The normalized spacial score (nSPS) is 37.1. The van der Waals surface area contributed by atoms with Gasteiger partial charge < -0.3 is 10.8 Å². The van der Waals surface area contributed by atoms with Gasteiger partial charge in [-0.1, -0.05) is 28.7 Å². The minimum absolute atomic E-state index is 0.0249. The van der Waals surface area contributed by atoms with Gasteiger partial charge in [0.1, 0.15) is 5.54 Å². The first-order valence-corrected chi connectivity index (χ1v) is 4.65. The summed E-state index contributed by atoms with van der Waals surface area (Å²) < 4.78 is 1.83. The van der Waals surface area contributed by atoms with Gasteiger partial charge in [0.05, 0.1) is 0 Å². The maximum atomic E-state index is 10.6. The zero-order valence-corrected chi connectivity index (χ0v) is 8.11. The highest BCUT2D eigenvalue weighted by Crippen LogP contribution is 2.37. The summed E-state index contributed by atoms with van der Waals surface area (Å²) in [5, 5.41) is 8.73. The number of halogens is 1. The molecule has 0 aromatic carbocycles. The Hall–Kier alpha value is -0.100. The van der Waals surface area contributed by atoms with E-state index in [4.69, 9.17) is 10.8 Å². The van der Waals surface area contributed by atoms with Crippen LogP contribution in [0.15, 0.2) is 10.2 Å². The second-order valence-corrected chi connectivity index (χ2v) is 3.53. The van der Waals surface area contributed by atoms with E-state index < -0.39 is 11.5 Å². The summed E-state index contributed by atoms with van der Waals surface area (Å²) in [4.78, 5) is 10.6. The van der Waals surface area contributed by atoms with Gasteiger partial charge in [-0.2, -0.15) is 0 Å². The molecule has 1 saturated carbocycles. The molecule has 0 aromatic heterocycles. The highest BCUT2D eigenvalue weighted by Gasteiger charge is 2.48. The molecular weight excluding hydrogens is 253 g/mol. The number of nitrogens with two attached hydrogens (primary N) is 1. The lowest BCUT2D eigenvalue weighted by atomic mass is 9.67. The van der Waals surface area contributed by atoms with Gasteiger partial charge in [0.15, 0.2) is 0 Å². The van der Waals surface area contributed by atoms with E-state index >= 15 is 0 Å². The van der Waals surface area contributed by atoms with Crippen LogP contribution in [-0.2, 0) is 4.79 Å². The third-order valence-electron chi connectivity index (χ3n) is 2.23. The smallest absolute Gasteiger partial charge is 0.324 e. The first-order chi connectivity index (χ1) is 5.11. The first kappa shape index (κ1) is 8.99. The van der Waals surface area contributed by atoms with Crippen molar-refractivity contribution in [2.45, 2.75) is 18.4 Å². The Labute approximate surface area is 78.8 Å². The highest BCUT2D eigenvalue weighted by atomic mass is 123. The third-order valence-corrected chi connectivity index (χ3v) is 2.65. The molecule has 1 aliphatic carbocycles. The molecule has 1 rings (SSSR count). The minimum atomic E-state index is -0.984. The van der Waals surface area contributed by atoms with E-state index in [0.29, 0.717) is 6.42 Å². The standard InChI is InChI=1S/C7H10INO2/c8-4-2-5-1-3-7(5,9)6(10)11/h2,4-5H,1,3,9H2,(H,10,11)/b4-2+/t5?,7-/m1/s1/i8-4. The number of carboxylic acids is 1. The molecule has 1 aliphatic rings. The molecule has 0 spiro atoms. The molecule has 0 amide bonds. The number of hydrogen-bond donors (Lipinski definition) is 2. The van der Waals surface area contributed by atoms with Gasteiger partial charge in [0.25, 0.3) is 0 Å². The lowest BCUT2D eigenvalue weighted by molar-refractivity contribution is -0.149. The van der Waals surface area contributed by atoms with E-state index in [2.05, 4.69) is 22.6 Å². The van der Waals surface area contributed by atoms with E-state index in [1.165, 1.54) is 0 Å². The summed E-state index contributed by atoms with van der Waals surface area (Å²) in [5.74, 6) is -0.861. The molecule has 0 aromatic rings. The molecular formula is C7H10INO2. The molecule has 1 fully saturated rings. The Morgan fingerprint density at radius 1 is 1.82 bits per heavy atom. The van der Waals surface area contributed by atoms with Crippen LogP contribution in [0, 0.1) is 5.92 Å². The summed E-state index contributed by atoms with van der Waals surface area (Å²) in [7, 11) is 0. The van der Waals surface area contributed by atoms with Crippen molar-refractivity contribution in [2.24, 2.45) is 11.7 Å². The predicted octanol–water partition coefficient (Wildman–Crippen LogP) is 1.13. The fourth-order valence-electron chi connectivity index (χ4n) is 1.24. The van der Waals surface area contributed by atoms with Crippen LogP contribution >= 0.6 is 22.6 Å². The van der Waals surface area contributed by atoms with Crippen molar-refractivity contribution in [1.29, 1.82) is 0 Å². The Balaban J connectivity index is 2.67. The Morgan fingerprint density at radius 3 is 2.73 bits per heavy atom. The summed E-state index contributed by atoms with van der Waals surface area (Å²) in [6.45, 7) is 0. The molecule has 2 atom stereocenters. The summed E-state index contributed by atoms with van der Waals surface area (Å²) in [5.41, 5.74) is 4.64. The molecule has 3 nitrogen and oxygen atoms in total. The number of hydrogen-bond acceptors (Lipinski definition) is 2. The molecule has 11 heavy (non-hydrogen) atoms. The van der Waals surface area contributed by atoms with Crippen LogP contribution in [0.4, 0.5) is 0 Å². The number of rotatable bonds is 2. The van der Waals surface area contributed by atoms with Crippen molar-refractivity contribution in [3.05, 3.63) is 10.2 Å². The minimum Gasteiger partial charge on any atom is -0.480 e. The Kier molecular flexibility index (Phi) is 2.54. The van der Waals surface area contributed by atoms with Gasteiger partial charge in [-0.25, -0.2) is 0 Å². The molecule has 0 radical (unpaired) electrons. The van der Waals surface area contributed by atoms with Crippen molar-refractivity contribution >= 4 is 28.6 Å². The van der Waals surface area contributed by atoms with E-state index in [-0.39, 0.29) is 5.92 Å². The van der Waals surface area contributed by atoms with Crippen molar-refractivity contribution in [3.8, 4) is 0 Å². The van der Waals surface area contributed by atoms with Crippen molar-refractivity contribution < 1.29 is 9.90 Å². The van der Waals surface area contributed by atoms with Gasteiger partial charge >= 0.3 is 5.97 Å². The van der Waals surface area contributed by atoms with Gasteiger partial charge in [0, 0.05) is 5.92 Å². The van der Waals surface area contributed by atoms with E-state index in [9.17, 15) is 4.79 Å². The maximum absolute atomic E-state index is 10.6. The fourth-order valence-corrected chi connectivity index (χ4v) is 1.74. The molecule has 3 N–H and O–H groups in total. The Morgan fingerprint density at radius 2 is 2.45 bits per heavy atom. The van der Waals surface area contributed by atoms with Crippen molar-refractivity contribution in [2.75, 3.05) is 0 Å². The molecule has 1 unspecified atom stereocenters. The average Bonchev–Trinajstić information content (AvgIpc) is 1.96. The van der Waals surface area contributed by atoms with Crippen LogP contribution < -0.4 is 5.73 Å². The second kappa shape index (κ2) is 3.10. The lowest BCUT2D eigenvalue weighted by Gasteiger charge is -2.41. The molecule has 0 heterocycles. The summed E-state index contributed by atoms with van der Waals surface area (Å²) >= 11 is 2.07. The molecule has 4 heteroatoms. The number of carboxylic acid groups (broad SMARTS) is 1. The van der Waals surface area contributed by atoms with Crippen molar-refractivity contribution in [3.63, 3.8) is 0 Å². The fraction of sp³-hybridized carbons (Fsp3) is 0.571. The van der Waals surface area contributed by atoms with Crippen LogP contribution in [0.3, 0.4) is 0 Å². The maximum Gasteiger partial charge on any atom is 0.324 e. The van der Waals surface area contributed by atoms with E-state index in [1.54, 1.807) is 0 Å². The zero-order valence-electron chi connectivity index (χ0n) is 5.96. The third kappa shape index (κ3) is 1.41. The molecule has 62 valence electrons. The topological polar surface area (TPSA) is 63.3 Å². The van der Waals surface area contributed by atoms with Gasteiger partial charge in [-0.05, 0) is 16.9 Å². The van der Waals surface area contributed by atoms with Crippen LogP contribution in [0.25, 0.3) is 0 Å². The SMILES string of the molecule is N[C@]1(C(=O)O)CCC1/C=C/[123I]. The van der Waals surface area contributed by atoms with E-state index in [1.807, 2.05) is 10.2 Å². The van der Waals surface area contributed by atoms with Crippen LogP contribution in [0.2, 0.25) is 0 Å². The van der Waals surface area contributed by atoms with Crippen molar-refractivity contribution in [1.82, 2.24) is 0 Å². The quantitative estimate of drug-likeness (QED) is 0.734. The number of aliphatic carboxylic acids is 1. The second-order valence-electron chi connectivity index (χ2n) is 2.81.